The lowest BCUT2D eigenvalue weighted by atomic mass is 9.96. The quantitative estimate of drug-likeness (QED) is 0.744. The van der Waals surface area contributed by atoms with Gasteiger partial charge < -0.3 is 14.9 Å². The molecule has 1 aromatic rings. The molecule has 0 aliphatic heterocycles. The molecular weight excluding hydrogens is 274 g/mol. The van der Waals surface area contributed by atoms with E-state index >= 15 is 0 Å². The van der Waals surface area contributed by atoms with Crippen molar-refractivity contribution in [3.05, 3.63) is 11.7 Å². The Hall–Kier alpha value is -1.92. The fourth-order valence-corrected chi connectivity index (χ4v) is 2.77. The molecule has 0 spiro atoms. The summed E-state index contributed by atoms with van der Waals surface area (Å²) < 4.78 is 5.03. The molecule has 116 valence electrons. The Balaban J connectivity index is 1.91. The molecule has 7 nitrogen and oxygen atoms in total. The van der Waals surface area contributed by atoms with E-state index in [1.165, 1.54) is 0 Å². The second-order valence-electron chi connectivity index (χ2n) is 5.58. The van der Waals surface area contributed by atoms with Crippen LogP contribution in [0.15, 0.2) is 4.52 Å². The predicted octanol–water partition coefficient (Wildman–Crippen LogP) is 1.91. The summed E-state index contributed by atoms with van der Waals surface area (Å²) in [4.78, 5) is 26.8. The smallest absolute Gasteiger partial charge is 0.303 e. The third-order valence-corrected chi connectivity index (χ3v) is 3.84. The van der Waals surface area contributed by atoms with Gasteiger partial charge in [0.15, 0.2) is 5.82 Å². The summed E-state index contributed by atoms with van der Waals surface area (Å²) in [5.41, 5.74) is -0.512. The molecule has 0 aromatic carbocycles. The molecule has 0 radical (unpaired) electrons. The molecule has 1 saturated carbocycles. The summed E-state index contributed by atoms with van der Waals surface area (Å²) in [5.74, 6) is 0.137. The number of hydrogen-bond donors (Lipinski definition) is 2. The fraction of sp³-hybridized carbons (Fsp3) is 0.714. The van der Waals surface area contributed by atoms with Crippen LogP contribution in [0, 0.1) is 6.92 Å². The second kappa shape index (κ2) is 6.69. The maximum absolute atomic E-state index is 12.1. The van der Waals surface area contributed by atoms with Crippen molar-refractivity contribution in [1.82, 2.24) is 15.5 Å². The first-order valence-electron chi connectivity index (χ1n) is 7.35. The molecular formula is C14H21N3O4. The molecule has 0 unspecified atom stereocenters. The molecule has 1 aliphatic rings. The average Bonchev–Trinajstić information content (AvgIpc) is 3.04. The number of aryl methyl sites for hydroxylation is 1. The van der Waals surface area contributed by atoms with Gasteiger partial charge in [0.2, 0.25) is 11.8 Å². The minimum Gasteiger partial charge on any atom is -0.481 e. The van der Waals surface area contributed by atoms with Crippen LogP contribution in [0.2, 0.25) is 0 Å². The Bertz CT molecular complexity index is 506. The topological polar surface area (TPSA) is 105 Å². The number of carbonyl (C=O) groups is 2. The number of nitrogens with zero attached hydrogens (tertiary/aromatic N) is 2. The Morgan fingerprint density at radius 1 is 1.29 bits per heavy atom. The van der Waals surface area contributed by atoms with Crippen LogP contribution in [0.5, 0.6) is 0 Å². The number of carboxylic acids is 1. The molecule has 21 heavy (non-hydrogen) atoms. The summed E-state index contributed by atoms with van der Waals surface area (Å²) in [6.45, 7) is 1.73. The summed E-state index contributed by atoms with van der Waals surface area (Å²) in [6.07, 6.45) is 5.17. The minimum atomic E-state index is -0.829. The van der Waals surface area contributed by atoms with Crippen molar-refractivity contribution in [1.29, 1.82) is 0 Å². The van der Waals surface area contributed by atoms with E-state index in [4.69, 9.17) is 9.63 Å². The van der Waals surface area contributed by atoms with Gasteiger partial charge in [0.25, 0.3) is 0 Å². The number of carboxylic acid groups (broad SMARTS) is 1. The molecule has 2 N–H and O–H groups in total. The highest BCUT2D eigenvalue weighted by Crippen LogP contribution is 2.37. The van der Waals surface area contributed by atoms with Crippen molar-refractivity contribution in [2.24, 2.45) is 0 Å². The lowest BCUT2D eigenvalue weighted by Gasteiger charge is -2.26. The minimum absolute atomic E-state index is 0.0789. The van der Waals surface area contributed by atoms with E-state index in [1.807, 2.05) is 0 Å². The predicted molar refractivity (Wildman–Crippen MR) is 73.4 cm³/mol. The van der Waals surface area contributed by atoms with Gasteiger partial charge in [0.1, 0.15) is 5.54 Å². The first-order chi connectivity index (χ1) is 10.0. The van der Waals surface area contributed by atoms with E-state index in [9.17, 15) is 9.59 Å². The highest BCUT2D eigenvalue weighted by atomic mass is 16.5. The van der Waals surface area contributed by atoms with Gasteiger partial charge >= 0.3 is 5.97 Å². The third kappa shape index (κ3) is 4.03. The van der Waals surface area contributed by atoms with Gasteiger partial charge in [-0.05, 0) is 25.7 Å². The number of unbranched alkanes of at least 4 members (excludes halogenated alkanes) is 1. The van der Waals surface area contributed by atoms with Crippen LogP contribution in [-0.4, -0.2) is 27.1 Å². The van der Waals surface area contributed by atoms with Gasteiger partial charge in [-0.15, -0.1) is 0 Å². The lowest BCUT2D eigenvalue weighted by Crippen LogP contribution is -2.44. The van der Waals surface area contributed by atoms with Crippen molar-refractivity contribution >= 4 is 11.9 Å². The number of nitrogens with one attached hydrogen (secondary N) is 1. The van der Waals surface area contributed by atoms with E-state index in [1.54, 1.807) is 6.92 Å². The highest BCUT2D eigenvalue weighted by Gasteiger charge is 2.40. The van der Waals surface area contributed by atoms with Crippen LogP contribution in [0.25, 0.3) is 0 Å². The monoisotopic (exact) mass is 295 g/mol. The van der Waals surface area contributed by atoms with Crippen LogP contribution in [-0.2, 0) is 15.1 Å². The van der Waals surface area contributed by atoms with Crippen molar-refractivity contribution in [3.8, 4) is 0 Å². The van der Waals surface area contributed by atoms with Crippen LogP contribution < -0.4 is 5.32 Å². The van der Waals surface area contributed by atoms with E-state index in [0.717, 1.165) is 25.7 Å². The third-order valence-electron chi connectivity index (χ3n) is 3.84. The number of amides is 1. The largest absolute Gasteiger partial charge is 0.481 e. The van der Waals surface area contributed by atoms with E-state index in [-0.39, 0.29) is 12.3 Å². The van der Waals surface area contributed by atoms with Gasteiger partial charge in [-0.3, -0.25) is 9.59 Å². The number of carbonyl (C=O) groups excluding carboxylic acids is 1. The van der Waals surface area contributed by atoms with Gasteiger partial charge in [-0.2, -0.15) is 4.98 Å². The number of rotatable bonds is 7. The number of hydrogen-bond acceptors (Lipinski definition) is 5. The van der Waals surface area contributed by atoms with Gasteiger partial charge in [-0.25, -0.2) is 0 Å². The summed E-state index contributed by atoms with van der Waals surface area (Å²) in [7, 11) is 0. The zero-order valence-electron chi connectivity index (χ0n) is 12.2. The molecule has 0 bridgehead atoms. The van der Waals surface area contributed by atoms with Crippen LogP contribution in [0.1, 0.15) is 63.1 Å². The van der Waals surface area contributed by atoms with Crippen LogP contribution in [0.4, 0.5) is 0 Å². The molecule has 0 atom stereocenters. The number of aromatic nitrogens is 2. The first-order valence-corrected chi connectivity index (χ1v) is 7.35. The summed E-state index contributed by atoms with van der Waals surface area (Å²) in [5, 5.41) is 15.6. The molecule has 1 fully saturated rings. The SMILES string of the molecule is Cc1nc(C2(NC(=O)CCCCC(=O)O)CCCC2)no1. The zero-order chi connectivity index (χ0) is 15.3. The lowest BCUT2D eigenvalue weighted by molar-refractivity contribution is -0.137. The fourth-order valence-electron chi connectivity index (χ4n) is 2.77. The maximum atomic E-state index is 12.1. The maximum Gasteiger partial charge on any atom is 0.303 e. The summed E-state index contributed by atoms with van der Waals surface area (Å²) in [6, 6.07) is 0. The zero-order valence-corrected chi connectivity index (χ0v) is 12.2. The van der Waals surface area contributed by atoms with Crippen molar-refractivity contribution in [3.63, 3.8) is 0 Å². The second-order valence-corrected chi connectivity index (χ2v) is 5.58. The summed E-state index contributed by atoms with van der Waals surface area (Å²) >= 11 is 0. The highest BCUT2D eigenvalue weighted by molar-refractivity contribution is 5.77. The van der Waals surface area contributed by atoms with Crippen molar-refractivity contribution in [2.45, 2.75) is 63.8 Å². The molecule has 1 aromatic heterocycles. The first kappa shape index (κ1) is 15.5. The Labute approximate surface area is 123 Å². The molecule has 1 amide bonds. The van der Waals surface area contributed by atoms with Crippen LogP contribution in [0.3, 0.4) is 0 Å². The molecule has 2 rings (SSSR count). The van der Waals surface area contributed by atoms with E-state index in [0.29, 0.717) is 31.0 Å². The Morgan fingerprint density at radius 2 is 1.95 bits per heavy atom. The van der Waals surface area contributed by atoms with Gasteiger partial charge in [0, 0.05) is 19.8 Å². The van der Waals surface area contributed by atoms with Gasteiger partial charge in [-0.1, -0.05) is 18.0 Å². The van der Waals surface area contributed by atoms with Gasteiger partial charge in [0.05, 0.1) is 0 Å². The molecule has 1 aliphatic carbocycles. The van der Waals surface area contributed by atoms with Crippen LogP contribution >= 0.6 is 0 Å². The normalized spacial score (nSPS) is 16.8. The molecule has 0 saturated heterocycles. The van der Waals surface area contributed by atoms with Crippen molar-refractivity contribution < 1.29 is 19.2 Å². The molecule has 7 heteroatoms. The average molecular weight is 295 g/mol. The van der Waals surface area contributed by atoms with Crippen molar-refractivity contribution in [2.75, 3.05) is 0 Å². The van der Waals surface area contributed by atoms with E-state index in [2.05, 4.69) is 15.5 Å². The standard InChI is InChI=1S/C14H21N3O4/c1-10-15-13(17-21-10)14(8-4-5-9-14)16-11(18)6-2-3-7-12(19)20/h2-9H2,1H3,(H,16,18)(H,19,20). The van der Waals surface area contributed by atoms with E-state index < -0.39 is 11.5 Å². The Kier molecular flexibility index (Phi) is 4.93. The Morgan fingerprint density at radius 3 is 2.52 bits per heavy atom. The molecule has 1 heterocycles. The number of aliphatic carboxylic acids is 1.